The van der Waals surface area contributed by atoms with Crippen molar-refractivity contribution in [1.29, 1.82) is 0 Å². The van der Waals surface area contributed by atoms with Gasteiger partial charge in [0.1, 0.15) is 5.75 Å². The quantitative estimate of drug-likeness (QED) is 0.882. The van der Waals surface area contributed by atoms with Gasteiger partial charge >= 0.3 is 0 Å². The van der Waals surface area contributed by atoms with Gasteiger partial charge in [-0.2, -0.15) is 0 Å². The number of hydrogen-bond acceptors (Lipinski definition) is 3. The average Bonchev–Trinajstić information content (AvgIpc) is 2.49. The third kappa shape index (κ3) is 4.32. The molecule has 1 aromatic heterocycles. The first kappa shape index (κ1) is 15.0. The number of benzene rings is 1. The molecular formula is C16H19BrN2O. The standard InChI is InChI=1S/C16H19BrN2O/c1-20-16-4-2-3-12(9-16)7-13(10-18)8-15-6-5-14(17)11-19-15/h2-6,9,11,13H,7-8,10,18H2,1H3. The molecule has 2 N–H and O–H groups in total. The zero-order chi connectivity index (χ0) is 14.4. The Kier molecular flexibility index (Phi) is 5.56. The normalized spacial score (nSPS) is 12.2. The second kappa shape index (κ2) is 7.41. The molecule has 3 nitrogen and oxygen atoms in total. The number of ether oxygens (including phenoxy) is 1. The van der Waals surface area contributed by atoms with Crippen LogP contribution in [0.25, 0.3) is 0 Å². The van der Waals surface area contributed by atoms with Crippen LogP contribution in [0, 0.1) is 5.92 Å². The van der Waals surface area contributed by atoms with Crippen LogP contribution in [0.15, 0.2) is 47.1 Å². The molecule has 2 rings (SSSR count). The molecule has 4 heteroatoms. The van der Waals surface area contributed by atoms with Gasteiger partial charge in [-0.25, -0.2) is 0 Å². The third-order valence-electron chi connectivity index (χ3n) is 3.28. The molecule has 106 valence electrons. The maximum atomic E-state index is 5.90. The highest BCUT2D eigenvalue weighted by molar-refractivity contribution is 9.10. The Hall–Kier alpha value is -1.39. The van der Waals surface area contributed by atoms with Gasteiger partial charge in [-0.05, 0) is 71.1 Å². The molecule has 1 heterocycles. The number of pyridine rings is 1. The van der Waals surface area contributed by atoms with Crippen LogP contribution in [-0.2, 0) is 12.8 Å². The summed E-state index contributed by atoms with van der Waals surface area (Å²) in [4.78, 5) is 4.41. The minimum absolute atomic E-state index is 0.385. The smallest absolute Gasteiger partial charge is 0.119 e. The third-order valence-corrected chi connectivity index (χ3v) is 3.75. The van der Waals surface area contributed by atoms with Crippen LogP contribution in [0.1, 0.15) is 11.3 Å². The highest BCUT2D eigenvalue weighted by Crippen LogP contribution is 2.18. The maximum Gasteiger partial charge on any atom is 0.119 e. The van der Waals surface area contributed by atoms with E-state index in [1.807, 2.05) is 30.5 Å². The van der Waals surface area contributed by atoms with Gasteiger partial charge in [0.15, 0.2) is 0 Å². The van der Waals surface area contributed by atoms with Crippen LogP contribution in [-0.4, -0.2) is 18.6 Å². The molecule has 1 atom stereocenters. The summed E-state index contributed by atoms with van der Waals surface area (Å²) in [5.74, 6) is 1.27. The van der Waals surface area contributed by atoms with Crippen molar-refractivity contribution in [3.63, 3.8) is 0 Å². The Bertz CT molecular complexity index is 542. The number of halogens is 1. The average molecular weight is 335 g/mol. The molecule has 2 aromatic rings. The van der Waals surface area contributed by atoms with Crippen molar-refractivity contribution in [1.82, 2.24) is 4.98 Å². The van der Waals surface area contributed by atoms with Crippen LogP contribution >= 0.6 is 15.9 Å². The monoisotopic (exact) mass is 334 g/mol. The van der Waals surface area contributed by atoms with Crippen molar-refractivity contribution >= 4 is 15.9 Å². The van der Waals surface area contributed by atoms with Gasteiger partial charge in [0.05, 0.1) is 7.11 Å². The topological polar surface area (TPSA) is 48.1 Å². The fourth-order valence-electron chi connectivity index (χ4n) is 2.19. The molecule has 0 aliphatic heterocycles. The summed E-state index contributed by atoms with van der Waals surface area (Å²) in [5.41, 5.74) is 8.22. The van der Waals surface area contributed by atoms with Crippen LogP contribution in [0.3, 0.4) is 0 Å². The molecule has 1 unspecified atom stereocenters. The van der Waals surface area contributed by atoms with E-state index in [0.29, 0.717) is 12.5 Å². The number of aromatic nitrogens is 1. The molecule has 0 radical (unpaired) electrons. The molecular weight excluding hydrogens is 316 g/mol. The largest absolute Gasteiger partial charge is 0.497 e. The number of hydrogen-bond donors (Lipinski definition) is 1. The lowest BCUT2D eigenvalue weighted by Crippen LogP contribution is -2.19. The Morgan fingerprint density at radius 3 is 2.75 bits per heavy atom. The summed E-state index contributed by atoms with van der Waals surface area (Å²) in [6.07, 6.45) is 3.65. The van der Waals surface area contributed by atoms with E-state index in [2.05, 4.69) is 33.0 Å². The molecule has 0 spiro atoms. The molecule has 0 fully saturated rings. The molecule has 1 aromatic carbocycles. The number of rotatable bonds is 6. The first-order valence-corrected chi connectivity index (χ1v) is 7.44. The number of nitrogens with zero attached hydrogens (tertiary/aromatic N) is 1. The van der Waals surface area contributed by atoms with Gasteiger partial charge in [-0.3, -0.25) is 4.98 Å². The lowest BCUT2D eigenvalue weighted by Gasteiger charge is -2.15. The van der Waals surface area contributed by atoms with E-state index in [1.165, 1.54) is 5.56 Å². The van der Waals surface area contributed by atoms with Crippen LogP contribution < -0.4 is 10.5 Å². The van der Waals surface area contributed by atoms with Gasteiger partial charge < -0.3 is 10.5 Å². The SMILES string of the molecule is COc1cccc(CC(CN)Cc2ccc(Br)cn2)c1. The van der Waals surface area contributed by atoms with Crippen molar-refractivity contribution < 1.29 is 4.74 Å². The predicted molar refractivity (Wildman–Crippen MR) is 84.9 cm³/mol. The van der Waals surface area contributed by atoms with E-state index in [9.17, 15) is 0 Å². The van der Waals surface area contributed by atoms with Gasteiger partial charge in [-0.1, -0.05) is 12.1 Å². The number of methoxy groups -OCH3 is 1. The molecule has 0 bridgehead atoms. The predicted octanol–water partition coefficient (Wildman–Crippen LogP) is 3.21. The van der Waals surface area contributed by atoms with Gasteiger partial charge in [0.25, 0.3) is 0 Å². The zero-order valence-electron chi connectivity index (χ0n) is 11.6. The molecule has 0 saturated heterocycles. The molecule has 20 heavy (non-hydrogen) atoms. The van der Waals surface area contributed by atoms with Crippen molar-refractivity contribution in [3.05, 3.63) is 58.3 Å². The van der Waals surface area contributed by atoms with E-state index >= 15 is 0 Å². The Morgan fingerprint density at radius 2 is 2.10 bits per heavy atom. The Balaban J connectivity index is 2.02. The lowest BCUT2D eigenvalue weighted by molar-refractivity contribution is 0.413. The van der Waals surface area contributed by atoms with Gasteiger partial charge in [0.2, 0.25) is 0 Å². The first-order chi connectivity index (χ1) is 9.71. The summed E-state index contributed by atoms with van der Waals surface area (Å²) in [6.45, 7) is 0.648. The summed E-state index contributed by atoms with van der Waals surface area (Å²) < 4.78 is 6.25. The summed E-state index contributed by atoms with van der Waals surface area (Å²) in [6, 6.07) is 12.2. The Labute approximate surface area is 128 Å². The van der Waals surface area contributed by atoms with Gasteiger partial charge in [-0.15, -0.1) is 0 Å². The highest BCUT2D eigenvalue weighted by atomic mass is 79.9. The fourth-order valence-corrected chi connectivity index (χ4v) is 2.43. The van der Waals surface area contributed by atoms with E-state index in [4.69, 9.17) is 10.5 Å². The summed E-state index contributed by atoms with van der Waals surface area (Å²) in [5, 5.41) is 0. The molecule has 0 aliphatic rings. The molecule has 0 aliphatic carbocycles. The zero-order valence-corrected chi connectivity index (χ0v) is 13.1. The minimum atomic E-state index is 0.385. The maximum absolute atomic E-state index is 5.90. The van der Waals surface area contributed by atoms with Gasteiger partial charge in [0, 0.05) is 16.4 Å². The van der Waals surface area contributed by atoms with Crippen molar-refractivity contribution in [3.8, 4) is 5.75 Å². The number of nitrogens with two attached hydrogens (primary N) is 1. The lowest BCUT2D eigenvalue weighted by atomic mass is 9.94. The highest BCUT2D eigenvalue weighted by Gasteiger charge is 2.10. The first-order valence-electron chi connectivity index (χ1n) is 6.64. The van der Waals surface area contributed by atoms with Crippen LogP contribution in [0.2, 0.25) is 0 Å². The van der Waals surface area contributed by atoms with Crippen LogP contribution in [0.5, 0.6) is 5.75 Å². The van der Waals surface area contributed by atoms with E-state index in [0.717, 1.165) is 28.8 Å². The van der Waals surface area contributed by atoms with Crippen molar-refractivity contribution in [2.75, 3.05) is 13.7 Å². The molecule has 0 saturated carbocycles. The summed E-state index contributed by atoms with van der Waals surface area (Å²) >= 11 is 3.40. The van der Waals surface area contributed by atoms with Crippen molar-refractivity contribution in [2.24, 2.45) is 11.7 Å². The fraction of sp³-hybridized carbons (Fsp3) is 0.312. The Morgan fingerprint density at radius 1 is 1.25 bits per heavy atom. The van der Waals surface area contributed by atoms with Crippen LogP contribution in [0.4, 0.5) is 0 Å². The minimum Gasteiger partial charge on any atom is -0.497 e. The van der Waals surface area contributed by atoms with E-state index in [-0.39, 0.29) is 0 Å². The van der Waals surface area contributed by atoms with E-state index < -0.39 is 0 Å². The second-order valence-corrected chi connectivity index (χ2v) is 5.74. The second-order valence-electron chi connectivity index (χ2n) is 4.83. The summed E-state index contributed by atoms with van der Waals surface area (Å²) in [7, 11) is 1.69. The van der Waals surface area contributed by atoms with Crippen molar-refractivity contribution in [2.45, 2.75) is 12.8 Å². The molecule has 0 amide bonds. The van der Waals surface area contributed by atoms with E-state index in [1.54, 1.807) is 7.11 Å².